The first-order valence-corrected chi connectivity index (χ1v) is 9.20. The molecule has 0 unspecified atom stereocenters. The van der Waals surface area contributed by atoms with Gasteiger partial charge in [-0.2, -0.15) is 0 Å². The molecule has 0 aliphatic heterocycles. The second kappa shape index (κ2) is 8.34. The Hall–Kier alpha value is -3.01. The average Bonchev–Trinajstić information content (AvgIpc) is 3.10. The summed E-state index contributed by atoms with van der Waals surface area (Å²) in [6.45, 7) is 5.21. The average molecular weight is 406 g/mol. The lowest BCUT2D eigenvalue weighted by molar-refractivity contribution is 0.419. The van der Waals surface area contributed by atoms with Crippen LogP contribution in [-0.4, -0.2) is 19.7 Å². The van der Waals surface area contributed by atoms with Gasteiger partial charge in [0.15, 0.2) is 0 Å². The number of allylic oxidation sites excluding steroid dienone is 1. The molecule has 1 aromatic carbocycles. The smallest absolute Gasteiger partial charge is 0.328 e. The molecule has 7 nitrogen and oxygen atoms in total. The van der Waals surface area contributed by atoms with Crippen LogP contribution in [0.4, 0.5) is 8.78 Å². The highest BCUT2D eigenvalue weighted by Crippen LogP contribution is 2.24. The molecule has 0 radical (unpaired) electrons. The number of aromatic amines is 1. The van der Waals surface area contributed by atoms with Crippen LogP contribution in [-0.2, 0) is 18.7 Å². The van der Waals surface area contributed by atoms with Crippen LogP contribution >= 0.6 is 11.8 Å². The zero-order chi connectivity index (χ0) is 20.3. The molecular formula is C18H16F2N4O3S. The minimum Gasteiger partial charge on any atom is -0.416 e. The number of nitrogens with one attached hydrogen (secondary N) is 1. The van der Waals surface area contributed by atoms with E-state index in [4.69, 9.17) is 4.42 Å². The normalized spacial score (nSPS) is 11.0. The highest BCUT2D eigenvalue weighted by molar-refractivity contribution is 7.98. The van der Waals surface area contributed by atoms with E-state index in [0.717, 1.165) is 34.5 Å². The maximum Gasteiger partial charge on any atom is 0.328 e. The van der Waals surface area contributed by atoms with Crippen LogP contribution < -0.4 is 11.2 Å². The van der Waals surface area contributed by atoms with Gasteiger partial charge in [0, 0.05) is 29.1 Å². The van der Waals surface area contributed by atoms with Crippen molar-refractivity contribution in [3.05, 3.63) is 86.0 Å². The van der Waals surface area contributed by atoms with Gasteiger partial charge in [-0.05, 0) is 25.1 Å². The second-order valence-electron chi connectivity index (χ2n) is 5.90. The molecule has 0 aliphatic rings. The Morgan fingerprint density at radius 3 is 2.86 bits per heavy atom. The molecule has 0 fully saturated rings. The summed E-state index contributed by atoms with van der Waals surface area (Å²) in [6.07, 6.45) is 1.48. The highest BCUT2D eigenvalue weighted by atomic mass is 32.2. The molecule has 0 spiro atoms. The predicted octanol–water partition coefficient (Wildman–Crippen LogP) is 2.58. The second-order valence-corrected chi connectivity index (χ2v) is 6.83. The van der Waals surface area contributed by atoms with Gasteiger partial charge >= 0.3 is 5.69 Å². The molecule has 2 aromatic heterocycles. The van der Waals surface area contributed by atoms with Gasteiger partial charge in [-0.3, -0.25) is 9.36 Å². The largest absolute Gasteiger partial charge is 0.416 e. The first-order valence-electron chi connectivity index (χ1n) is 8.21. The van der Waals surface area contributed by atoms with Gasteiger partial charge in [0.1, 0.15) is 11.6 Å². The molecule has 0 amide bonds. The van der Waals surface area contributed by atoms with E-state index in [9.17, 15) is 18.4 Å². The standard InChI is InChI=1S/C18H16F2N4O3S/c1-3-6-24-16(25)13(10(2)21-17(24)26)8-15-22-23-18(27-15)28-9-11-7-12(19)4-5-14(11)20/h3-5,7H,1,6,8-9H2,2H3,(H,21,26). The summed E-state index contributed by atoms with van der Waals surface area (Å²) in [6, 6.07) is 3.20. The van der Waals surface area contributed by atoms with Crippen molar-refractivity contribution in [1.82, 2.24) is 19.7 Å². The van der Waals surface area contributed by atoms with Crippen LogP contribution in [0.1, 0.15) is 22.7 Å². The summed E-state index contributed by atoms with van der Waals surface area (Å²) in [5, 5.41) is 7.89. The SMILES string of the molecule is C=CCn1c(=O)[nH]c(C)c(Cc2nnc(SCc3cc(F)ccc3F)o2)c1=O. The zero-order valence-corrected chi connectivity index (χ0v) is 15.7. The number of rotatable bonds is 7. The topological polar surface area (TPSA) is 93.8 Å². The number of aryl methyl sites for hydroxylation is 1. The Morgan fingerprint density at radius 2 is 2.11 bits per heavy atom. The molecule has 0 saturated carbocycles. The third-order valence-corrected chi connectivity index (χ3v) is 4.81. The first kappa shape index (κ1) is 19.7. The Balaban J connectivity index is 1.77. The van der Waals surface area contributed by atoms with Crippen LogP contribution in [0, 0.1) is 18.6 Å². The van der Waals surface area contributed by atoms with Gasteiger partial charge in [0.25, 0.3) is 10.8 Å². The van der Waals surface area contributed by atoms with Crippen LogP contribution in [0.3, 0.4) is 0 Å². The zero-order valence-electron chi connectivity index (χ0n) is 14.9. The highest BCUT2D eigenvalue weighted by Gasteiger charge is 2.16. The van der Waals surface area contributed by atoms with Gasteiger partial charge in [0.2, 0.25) is 5.89 Å². The fourth-order valence-corrected chi connectivity index (χ4v) is 3.29. The number of aromatic nitrogens is 4. The Morgan fingerprint density at radius 1 is 1.32 bits per heavy atom. The van der Waals surface area contributed by atoms with Gasteiger partial charge in [0.05, 0.1) is 6.42 Å². The fraction of sp³-hybridized carbons (Fsp3) is 0.222. The Labute approximate surface area is 162 Å². The number of thioether (sulfide) groups is 1. The molecule has 3 aromatic rings. The van der Waals surface area contributed by atoms with Crippen LogP contribution in [0.15, 0.2) is 50.1 Å². The first-order chi connectivity index (χ1) is 13.4. The van der Waals surface area contributed by atoms with Crippen molar-refractivity contribution in [1.29, 1.82) is 0 Å². The minimum absolute atomic E-state index is 0.0282. The summed E-state index contributed by atoms with van der Waals surface area (Å²) in [5.74, 6) is -0.790. The molecule has 3 rings (SSSR count). The maximum absolute atomic E-state index is 13.7. The van der Waals surface area contributed by atoms with Crippen molar-refractivity contribution in [2.24, 2.45) is 0 Å². The number of hydrogen-bond acceptors (Lipinski definition) is 6. The lowest BCUT2D eigenvalue weighted by Crippen LogP contribution is -2.37. The summed E-state index contributed by atoms with van der Waals surface area (Å²) >= 11 is 1.05. The van der Waals surface area contributed by atoms with Crippen LogP contribution in [0.2, 0.25) is 0 Å². The third-order valence-electron chi connectivity index (χ3n) is 3.94. The number of nitrogens with zero attached hydrogens (tertiary/aromatic N) is 3. The van der Waals surface area contributed by atoms with E-state index in [1.54, 1.807) is 6.92 Å². The number of H-pyrrole nitrogens is 1. The van der Waals surface area contributed by atoms with Crippen molar-refractivity contribution < 1.29 is 13.2 Å². The van der Waals surface area contributed by atoms with Gasteiger partial charge in [-0.1, -0.05) is 17.8 Å². The van der Waals surface area contributed by atoms with Crippen molar-refractivity contribution >= 4 is 11.8 Å². The molecule has 146 valence electrons. The van der Waals surface area contributed by atoms with Crippen molar-refractivity contribution in [2.45, 2.75) is 30.9 Å². The van der Waals surface area contributed by atoms with E-state index < -0.39 is 22.9 Å². The van der Waals surface area contributed by atoms with E-state index in [0.29, 0.717) is 11.3 Å². The predicted molar refractivity (Wildman–Crippen MR) is 99.3 cm³/mol. The lowest BCUT2D eigenvalue weighted by Gasteiger charge is -2.06. The summed E-state index contributed by atoms with van der Waals surface area (Å²) in [4.78, 5) is 27.0. The van der Waals surface area contributed by atoms with Gasteiger partial charge in [-0.15, -0.1) is 16.8 Å². The molecule has 0 aliphatic carbocycles. The van der Waals surface area contributed by atoms with E-state index in [-0.39, 0.29) is 35.4 Å². The maximum atomic E-state index is 13.7. The molecule has 0 saturated heterocycles. The summed E-state index contributed by atoms with van der Waals surface area (Å²) in [7, 11) is 0. The molecule has 0 bridgehead atoms. The minimum atomic E-state index is -0.535. The van der Waals surface area contributed by atoms with E-state index in [1.165, 1.54) is 6.08 Å². The quantitative estimate of drug-likeness (QED) is 0.479. The van der Waals surface area contributed by atoms with Gasteiger partial charge < -0.3 is 9.40 Å². The van der Waals surface area contributed by atoms with E-state index >= 15 is 0 Å². The third kappa shape index (κ3) is 4.28. The number of halogens is 2. The van der Waals surface area contributed by atoms with Crippen molar-refractivity contribution in [2.75, 3.05) is 0 Å². The molecule has 2 heterocycles. The van der Waals surface area contributed by atoms with Crippen LogP contribution in [0.5, 0.6) is 0 Å². The lowest BCUT2D eigenvalue weighted by atomic mass is 10.1. The summed E-state index contributed by atoms with van der Waals surface area (Å²) < 4.78 is 33.4. The molecule has 0 atom stereocenters. The Kier molecular flexibility index (Phi) is 5.88. The molecule has 10 heteroatoms. The number of benzene rings is 1. The van der Waals surface area contributed by atoms with Gasteiger partial charge in [-0.25, -0.2) is 13.6 Å². The molecule has 1 N–H and O–H groups in total. The van der Waals surface area contributed by atoms with Crippen molar-refractivity contribution in [3.8, 4) is 0 Å². The van der Waals surface area contributed by atoms with Crippen molar-refractivity contribution in [3.63, 3.8) is 0 Å². The fourth-order valence-electron chi connectivity index (χ4n) is 2.53. The summed E-state index contributed by atoms with van der Waals surface area (Å²) in [5.41, 5.74) is -0.0867. The molecule has 28 heavy (non-hydrogen) atoms. The monoisotopic (exact) mass is 406 g/mol. The van der Waals surface area contributed by atoms with E-state index in [1.807, 2.05) is 0 Å². The van der Waals surface area contributed by atoms with E-state index in [2.05, 4.69) is 21.8 Å². The molecular weight excluding hydrogens is 390 g/mol. The number of hydrogen-bond donors (Lipinski definition) is 1. The Bertz CT molecular complexity index is 1140. The van der Waals surface area contributed by atoms with Crippen LogP contribution in [0.25, 0.3) is 0 Å².